The van der Waals surface area contributed by atoms with Crippen LogP contribution < -0.4 is 9.47 Å². The fourth-order valence-corrected chi connectivity index (χ4v) is 3.64. The molecular formula is C17H19NO4S. The summed E-state index contributed by atoms with van der Waals surface area (Å²) in [4.78, 5) is 0.206. The van der Waals surface area contributed by atoms with E-state index in [0.29, 0.717) is 31.3 Å². The number of rotatable bonds is 4. The Balaban J connectivity index is 1.87. The minimum absolute atomic E-state index is 0.206. The van der Waals surface area contributed by atoms with Gasteiger partial charge in [0.15, 0.2) is 11.5 Å². The van der Waals surface area contributed by atoms with Crippen molar-refractivity contribution in [3.05, 3.63) is 53.6 Å². The van der Waals surface area contributed by atoms with Crippen molar-refractivity contribution >= 4 is 10.0 Å². The molecule has 2 aromatic carbocycles. The predicted octanol–water partition coefficient (Wildman–Crippen LogP) is 2.59. The molecule has 0 bridgehead atoms. The lowest BCUT2D eigenvalue weighted by molar-refractivity contribution is 0.171. The maximum Gasteiger partial charge on any atom is 0.243 e. The third kappa shape index (κ3) is 3.18. The minimum Gasteiger partial charge on any atom is -0.486 e. The van der Waals surface area contributed by atoms with Gasteiger partial charge < -0.3 is 9.47 Å². The molecule has 0 fully saturated rings. The second-order valence-electron chi connectivity index (χ2n) is 5.49. The van der Waals surface area contributed by atoms with Gasteiger partial charge in [0.25, 0.3) is 0 Å². The summed E-state index contributed by atoms with van der Waals surface area (Å²) in [6.45, 7) is 3.20. The van der Waals surface area contributed by atoms with Crippen molar-refractivity contribution in [3.63, 3.8) is 0 Å². The highest BCUT2D eigenvalue weighted by Crippen LogP contribution is 2.33. The molecule has 0 N–H and O–H groups in total. The van der Waals surface area contributed by atoms with E-state index in [0.717, 1.165) is 11.1 Å². The third-order valence-electron chi connectivity index (χ3n) is 3.88. The first-order valence-corrected chi connectivity index (χ1v) is 8.83. The van der Waals surface area contributed by atoms with E-state index in [2.05, 4.69) is 0 Å². The molecule has 0 saturated carbocycles. The van der Waals surface area contributed by atoms with Crippen molar-refractivity contribution in [3.8, 4) is 11.5 Å². The summed E-state index contributed by atoms with van der Waals surface area (Å²) in [7, 11) is -2.01. The Morgan fingerprint density at radius 3 is 2.48 bits per heavy atom. The predicted molar refractivity (Wildman–Crippen MR) is 87.3 cm³/mol. The lowest BCUT2D eigenvalue weighted by Crippen LogP contribution is -2.27. The summed E-state index contributed by atoms with van der Waals surface area (Å²) in [6.07, 6.45) is 0. The van der Waals surface area contributed by atoms with E-state index in [9.17, 15) is 8.42 Å². The van der Waals surface area contributed by atoms with Crippen LogP contribution in [-0.2, 0) is 16.6 Å². The zero-order chi connectivity index (χ0) is 16.4. The molecule has 0 atom stereocenters. The standard InChI is InChI=1S/C17H19NO4S/c1-13-5-3-4-6-14(13)12-18(2)23(19,20)15-7-8-16-17(11-15)22-10-9-21-16/h3-8,11H,9-10,12H2,1-2H3. The van der Waals surface area contributed by atoms with Crippen LogP contribution in [0.5, 0.6) is 11.5 Å². The molecule has 1 aliphatic heterocycles. The maximum atomic E-state index is 12.8. The SMILES string of the molecule is Cc1ccccc1CN(C)S(=O)(=O)c1ccc2c(c1)OCCO2. The van der Waals surface area contributed by atoms with E-state index in [1.54, 1.807) is 19.2 Å². The fraction of sp³-hybridized carbons (Fsp3) is 0.294. The van der Waals surface area contributed by atoms with Gasteiger partial charge in [-0.15, -0.1) is 0 Å². The molecule has 2 aromatic rings. The number of sulfonamides is 1. The van der Waals surface area contributed by atoms with Gasteiger partial charge in [-0.05, 0) is 30.2 Å². The monoisotopic (exact) mass is 333 g/mol. The number of aryl methyl sites for hydroxylation is 1. The van der Waals surface area contributed by atoms with Crippen LogP contribution in [0.15, 0.2) is 47.4 Å². The molecule has 0 aromatic heterocycles. The summed E-state index contributed by atoms with van der Waals surface area (Å²) in [5.74, 6) is 1.05. The molecule has 1 aliphatic rings. The molecule has 0 amide bonds. The van der Waals surface area contributed by atoms with E-state index in [1.807, 2.05) is 31.2 Å². The molecule has 1 heterocycles. The topological polar surface area (TPSA) is 55.8 Å². The molecular weight excluding hydrogens is 314 g/mol. The Morgan fingerprint density at radius 1 is 1.04 bits per heavy atom. The van der Waals surface area contributed by atoms with E-state index in [4.69, 9.17) is 9.47 Å². The van der Waals surface area contributed by atoms with Crippen LogP contribution >= 0.6 is 0 Å². The average Bonchev–Trinajstić information content (AvgIpc) is 2.56. The molecule has 5 nitrogen and oxygen atoms in total. The van der Waals surface area contributed by atoms with Gasteiger partial charge in [-0.2, -0.15) is 4.31 Å². The van der Waals surface area contributed by atoms with Crippen molar-refractivity contribution in [2.45, 2.75) is 18.4 Å². The number of nitrogens with zero attached hydrogens (tertiary/aromatic N) is 1. The molecule has 0 unspecified atom stereocenters. The van der Waals surface area contributed by atoms with Crippen LogP contribution in [-0.4, -0.2) is 33.0 Å². The smallest absolute Gasteiger partial charge is 0.243 e. The summed E-state index contributed by atoms with van der Waals surface area (Å²) in [6, 6.07) is 12.5. The molecule has 0 radical (unpaired) electrons. The summed E-state index contributed by atoms with van der Waals surface area (Å²) >= 11 is 0. The minimum atomic E-state index is -3.59. The van der Waals surface area contributed by atoms with E-state index >= 15 is 0 Å². The highest BCUT2D eigenvalue weighted by Gasteiger charge is 2.24. The molecule has 122 valence electrons. The maximum absolute atomic E-state index is 12.8. The van der Waals surface area contributed by atoms with Crippen molar-refractivity contribution in [1.82, 2.24) is 4.31 Å². The van der Waals surface area contributed by atoms with Gasteiger partial charge in [0.2, 0.25) is 10.0 Å². The van der Waals surface area contributed by atoms with E-state index < -0.39 is 10.0 Å². The van der Waals surface area contributed by atoms with Crippen LogP contribution in [0, 0.1) is 6.92 Å². The highest BCUT2D eigenvalue weighted by molar-refractivity contribution is 7.89. The lowest BCUT2D eigenvalue weighted by Gasteiger charge is -2.21. The van der Waals surface area contributed by atoms with Gasteiger partial charge in [-0.3, -0.25) is 0 Å². The van der Waals surface area contributed by atoms with Gasteiger partial charge in [0, 0.05) is 19.7 Å². The molecule has 23 heavy (non-hydrogen) atoms. The number of benzene rings is 2. The van der Waals surface area contributed by atoms with Crippen molar-refractivity contribution in [2.24, 2.45) is 0 Å². The largest absolute Gasteiger partial charge is 0.486 e. The molecule has 0 aliphatic carbocycles. The number of fused-ring (bicyclic) bond motifs is 1. The van der Waals surface area contributed by atoms with E-state index in [1.165, 1.54) is 10.4 Å². The van der Waals surface area contributed by atoms with E-state index in [-0.39, 0.29) is 4.90 Å². The van der Waals surface area contributed by atoms with Crippen LogP contribution in [0.2, 0.25) is 0 Å². The lowest BCUT2D eigenvalue weighted by atomic mass is 10.1. The van der Waals surface area contributed by atoms with Crippen LogP contribution in [0.4, 0.5) is 0 Å². The van der Waals surface area contributed by atoms with Crippen molar-refractivity contribution in [2.75, 3.05) is 20.3 Å². The average molecular weight is 333 g/mol. The highest BCUT2D eigenvalue weighted by atomic mass is 32.2. The number of hydrogen-bond acceptors (Lipinski definition) is 4. The van der Waals surface area contributed by atoms with Gasteiger partial charge >= 0.3 is 0 Å². The van der Waals surface area contributed by atoms with Gasteiger partial charge in [0.1, 0.15) is 13.2 Å². The van der Waals surface area contributed by atoms with Gasteiger partial charge in [-0.25, -0.2) is 8.42 Å². The first-order valence-electron chi connectivity index (χ1n) is 7.39. The van der Waals surface area contributed by atoms with Crippen molar-refractivity contribution in [1.29, 1.82) is 0 Å². The van der Waals surface area contributed by atoms with Gasteiger partial charge in [0.05, 0.1) is 4.90 Å². The Kier molecular flexibility index (Phi) is 4.28. The first kappa shape index (κ1) is 15.8. The summed E-state index contributed by atoms with van der Waals surface area (Å²) in [5, 5.41) is 0. The van der Waals surface area contributed by atoms with Crippen molar-refractivity contribution < 1.29 is 17.9 Å². The van der Waals surface area contributed by atoms with Crippen LogP contribution in [0.3, 0.4) is 0 Å². The Labute approximate surface area is 136 Å². The second kappa shape index (κ2) is 6.22. The number of ether oxygens (including phenoxy) is 2. The first-order chi connectivity index (χ1) is 11.0. The molecule has 3 rings (SSSR count). The quantitative estimate of drug-likeness (QED) is 0.863. The summed E-state index contributed by atoms with van der Waals surface area (Å²) < 4.78 is 37.8. The number of hydrogen-bond donors (Lipinski definition) is 0. The molecule has 6 heteroatoms. The second-order valence-corrected chi connectivity index (χ2v) is 7.54. The zero-order valence-electron chi connectivity index (χ0n) is 13.2. The Hall–Kier alpha value is -2.05. The molecule has 0 spiro atoms. The zero-order valence-corrected chi connectivity index (χ0v) is 14.0. The fourth-order valence-electron chi connectivity index (χ4n) is 2.48. The normalized spacial score (nSPS) is 14.0. The molecule has 0 saturated heterocycles. The third-order valence-corrected chi connectivity index (χ3v) is 5.68. The Bertz CT molecular complexity index is 817. The Morgan fingerprint density at radius 2 is 1.74 bits per heavy atom. The van der Waals surface area contributed by atoms with Crippen LogP contribution in [0.25, 0.3) is 0 Å². The van der Waals surface area contributed by atoms with Gasteiger partial charge in [-0.1, -0.05) is 24.3 Å². The van der Waals surface area contributed by atoms with Crippen LogP contribution in [0.1, 0.15) is 11.1 Å². The summed E-state index contributed by atoms with van der Waals surface area (Å²) in [5.41, 5.74) is 2.05.